The third-order valence-electron chi connectivity index (χ3n) is 3.29. The van der Waals surface area contributed by atoms with Crippen LogP contribution in [0.2, 0.25) is 0 Å². The molecule has 0 bridgehead atoms. The average Bonchev–Trinajstić information content (AvgIpc) is 2.55. The predicted octanol–water partition coefficient (Wildman–Crippen LogP) is -0.508. The number of carbonyl (C=O) groups excluding carboxylic acids is 1. The third kappa shape index (κ3) is 5.09. The molecule has 1 amide bonds. The summed E-state index contributed by atoms with van der Waals surface area (Å²) in [4.78, 5) is 24.3. The summed E-state index contributed by atoms with van der Waals surface area (Å²) in [6.07, 6.45) is 3.26. The Morgan fingerprint density at radius 2 is 2.04 bits per heavy atom. The van der Waals surface area contributed by atoms with Crippen LogP contribution >= 0.6 is 0 Å². The van der Waals surface area contributed by atoms with E-state index in [0.29, 0.717) is 32.1 Å². The molecule has 3 N–H and O–H groups in total. The normalized spacial score (nSPS) is 15.6. The molecule has 1 atom stereocenters. The minimum atomic E-state index is -0.168. The molecule has 8 heteroatoms. The van der Waals surface area contributed by atoms with Crippen LogP contribution in [0.25, 0.3) is 0 Å². The monoisotopic (exact) mass is 318 g/mol. The van der Waals surface area contributed by atoms with Crippen LogP contribution in [0.5, 0.6) is 0 Å². The summed E-state index contributed by atoms with van der Waals surface area (Å²) < 4.78 is 4.81. The van der Waals surface area contributed by atoms with Gasteiger partial charge in [0.2, 0.25) is 5.95 Å². The highest BCUT2D eigenvalue weighted by atomic mass is 16.5. The average molecular weight is 318 g/mol. The van der Waals surface area contributed by atoms with Gasteiger partial charge in [0.25, 0.3) is 5.91 Å². The summed E-state index contributed by atoms with van der Waals surface area (Å²) in [5.41, 5.74) is 6.44. The van der Waals surface area contributed by atoms with Gasteiger partial charge in [-0.25, -0.2) is 9.97 Å². The lowest BCUT2D eigenvalue weighted by Gasteiger charge is -2.33. The highest BCUT2D eigenvalue weighted by molar-refractivity contribution is 5.93. The summed E-state index contributed by atoms with van der Waals surface area (Å²) in [7, 11) is 1.55. The third-order valence-corrected chi connectivity index (χ3v) is 3.29. The molecule has 2 rings (SSSR count). The fourth-order valence-corrected chi connectivity index (χ4v) is 2.19. The Morgan fingerprint density at radius 1 is 1.39 bits per heavy atom. The molecule has 1 aromatic rings. The standard InChI is InChI=1S/C15H22N6O2/c1-12(16)19-13-10-17-15(18-11-13)21-7-5-20(6-8-21)14(22)4-3-9-23-2/h10-12,19H,5-9,16H2,1-2H3. The van der Waals surface area contributed by atoms with Gasteiger partial charge in [-0.1, -0.05) is 5.92 Å². The number of methoxy groups -OCH3 is 1. The first kappa shape index (κ1) is 17.0. The number of hydrogen-bond donors (Lipinski definition) is 2. The lowest BCUT2D eigenvalue weighted by Crippen LogP contribution is -2.49. The summed E-state index contributed by atoms with van der Waals surface area (Å²) in [6.45, 7) is 4.67. The number of hydrogen-bond acceptors (Lipinski definition) is 7. The Morgan fingerprint density at radius 3 is 2.61 bits per heavy atom. The summed E-state index contributed by atoms with van der Waals surface area (Å²) >= 11 is 0. The molecule has 23 heavy (non-hydrogen) atoms. The number of amides is 1. The predicted molar refractivity (Wildman–Crippen MR) is 87.7 cm³/mol. The summed E-state index contributed by atoms with van der Waals surface area (Å²) in [5, 5.41) is 3.04. The number of aromatic nitrogens is 2. The lowest BCUT2D eigenvalue weighted by atomic mass is 10.3. The van der Waals surface area contributed by atoms with Crippen molar-refractivity contribution in [3.63, 3.8) is 0 Å². The van der Waals surface area contributed by atoms with Crippen molar-refractivity contribution in [3.05, 3.63) is 12.4 Å². The molecule has 0 aromatic carbocycles. The molecule has 1 unspecified atom stereocenters. The number of nitrogens with two attached hydrogens (primary N) is 1. The van der Waals surface area contributed by atoms with Crippen LogP contribution in [-0.4, -0.2) is 66.8 Å². The number of anilines is 2. The highest BCUT2D eigenvalue weighted by Crippen LogP contribution is 2.13. The van der Waals surface area contributed by atoms with Gasteiger partial charge in [-0.05, 0) is 12.8 Å². The van der Waals surface area contributed by atoms with Gasteiger partial charge < -0.3 is 25.6 Å². The van der Waals surface area contributed by atoms with E-state index in [1.54, 1.807) is 24.4 Å². The molecular weight excluding hydrogens is 296 g/mol. The van der Waals surface area contributed by atoms with E-state index in [-0.39, 0.29) is 18.7 Å². The van der Waals surface area contributed by atoms with Crippen molar-refractivity contribution in [2.45, 2.75) is 13.1 Å². The number of nitrogens with zero attached hydrogens (tertiary/aromatic N) is 4. The van der Waals surface area contributed by atoms with Crippen molar-refractivity contribution in [2.75, 3.05) is 50.1 Å². The van der Waals surface area contributed by atoms with Gasteiger partial charge >= 0.3 is 0 Å². The minimum Gasteiger partial charge on any atom is -0.372 e. The number of ether oxygens (including phenoxy) is 1. The first-order chi connectivity index (χ1) is 11.1. The Balaban J connectivity index is 1.87. The van der Waals surface area contributed by atoms with E-state index < -0.39 is 0 Å². The number of piperazine rings is 1. The van der Waals surface area contributed by atoms with E-state index in [0.717, 1.165) is 5.69 Å². The van der Waals surface area contributed by atoms with E-state index in [1.807, 2.05) is 11.8 Å². The molecule has 0 aliphatic carbocycles. The Hall–Kier alpha value is -2.37. The van der Waals surface area contributed by atoms with Gasteiger partial charge in [-0.3, -0.25) is 4.79 Å². The molecule has 1 aliphatic heterocycles. The maximum Gasteiger partial charge on any atom is 0.298 e. The van der Waals surface area contributed by atoms with E-state index in [2.05, 4.69) is 27.1 Å². The van der Waals surface area contributed by atoms with Crippen LogP contribution in [-0.2, 0) is 9.53 Å². The Bertz CT molecular complexity index is 570. The van der Waals surface area contributed by atoms with Crippen LogP contribution in [0.3, 0.4) is 0 Å². The Labute approximate surface area is 136 Å². The van der Waals surface area contributed by atoms with Crippen molar-refractivity contribution in [1.29, 1.82) is 0 Å². The second-order valence-electron chi connectivity index (χ2n) is 5.22. The van der Waals surface area contributed by atoms with Crippen LogP contribution in [0, 0.1) is 11.8 Å². The highest BCUT2D eigenvalue weighted by Gasteiger charge is 2.21. The summed E-state index contributed by atoms with van der Waals surface area (Å²) in [5.74, 6) is 5.74. The largest absolute Gasteiger partial charge is 0.372 e. The van der Waals surface area contributed by atoms with Gasteiger partial charge in [0.1, 0.15) is 6.61 Å². The maximum absolute atomic E-state index is 11.9. The minimum absolute atomic E-state index is 0.154. The van der Waals surface area contributed by atoms with Crippen LogP contribution in [0.1, 0.15) is 6.92 Å². The van der Waals surface area contributed by atoms with Crippen LogP contribution in [0.15, 0.2) is 12.4 Å². The van der Waals surface area contributed by atoms with Gasteiger partial charge in [0.05, 0.1) is 24.2 Å². The second kappa shape index (κ2) is 8.31. The zero-order chi connectivity index (χ0) is 16.7. The molecule has 1 aliphatic rings. The fraction of sp³-hybridized carbons (Fsp3) is 0.533. The SMILES string of the molecule is COCC#CC(=O)N1CCN(c2ncc(NC(C)N)cn2)CC1. The molecule has 8 nitrogen and oxygen atoms in total. The summed E-state index contributed by atoms with van der Waals surface area (Å²) in [6, 6.07) is 0. The molecule has 0 radical (unpaired) electrons. The van der Waals surface area contributed by atoms with E-state index in [9.17, 15) is 4.79 Å². The quantitative estimate of drug-likeness (QED) is 0.570. The zero-order valence-corrected chi connectivity index (χ0v) is 13.5. The van der Waals surface area contributed by atoms with Crippen molar-refractivity contribution in [1.82, 2.24) is 14.9 Å². The lowest BCUT2D eigenvalue weighted by molar-refractivity contribution is -0.125. The van der Waals surface area contributed by atoms with Crippen molar-refractivity contribution < 1.29 is 9.53 Å². The smallest absolute Gasteiger partial charge is 0.298 e. The molecule has 2 heterocycles. The van der Waals surface area contributed by atoms with Gasteiger partial charge in [0.15, 0.2) is 0 Å². The fourth-order valence-electron chi connectivity index (χ4n) is 2.19. The van der Waals surface area contributed by atoms with E-state index in [4.69, 9.17) is 10.5 Å². The van der Waals surface area contributed by atoms with E-state index >= 15 is 0 Å². The zero-order valence-electron chi connectivity index (χ0n) is 13.5. The first-order valence-electron chi connectivity index (χ1n) is 7.46. The number of nitrogens with one attached hydrogen (secondary N) is 1. The second-order valence-corrected chi connectivity index (χ2v) is 5.22. The van der Waals surface area contributed by atoms with Gasteiger partial charge in [0, 0.05) is 33.3 Å². The maximum atomic E-state index is 11.9. The van der Waals surface area contributed by atoms with Gasteiger partial charge in [-0.2, -0.15) is 0 Å². The van der Waals surface area contributed by atoms with Crippen molar-refractivity contribution in [2.24, 2.45) is 5.73 Å². The first-order valence-corrected chi connectivity index (χ1v) is 7.46. The Kier molecular flexibility index (Phi) is 6.14. The topological polar surface area (TPSA) is 96.6 Å². The van der Waals surface area contributed by atoms with Crippen molar-refractivity contribution >= 4 is 17.5 Å². The van der Waals surface area contributed by atoms with E-state index in [1.165, 1.54) is 0 Å². The molecule has 1 saturated heterocycles. The number of carbonyl (C=O) groups is 1. The van der Waals surface area contributed by atoms with Gasteiger partial charge in [-0.15, -0.1) is 0 Å². The molecule has 0 saturated carbocycles. The molecule has 0 spiro atoms. The molecule has 1 aromatic heterocycles. The number of rotatable bonds is 4. The van der Waals surface area contributed by atoms with Crippen molar-refractivity contribution in [3.8, 4) is 11.8 Å². The van der Waals surface area contributed by atoms with Crippen LogP contribution < -0.4 is 16.0 Å². The molecule has 1 fully saturated rings. The van der Waals surface area contributed by atoms with Crippen LogP contribution in [0.4, 0.5) is 11.6 Å². The molecule has 124 valence electrons. The molecular formula is C15H22N6O2.